The van der Waals surface area contributed by atoms with Crippen LogP contribution in [0.3, 0.4) is 0 Å². The van der Waals surface area contributed by atoms with Gasteiger partial charge in [0, 0.05) is 12.8 Å². The predicted molar refractivity (Wildman–Crippen MR) is 69.2 cm³/mol. The summed E-state index contributed by atoms with van der Waals surface area (Å²) in [5.74, 6) is 1.20. The predicted octanol–water partition coefficient (Wildman–Crippen LogP) is 3.01. The van der Waals surface area contributed by atoms with Crippen molar-refractivity contribution >= 4 is 5.97 Å². The summed E-state index contributed by atoms with van der Waals surface area (Å²) in [6, 6.07) is 7.73. The molecule has 1 aromatic carbocycles. The Morgan fingerprint density at radius 2 is 2.28 bits per heavy atom. The van der Waals surface area contributed by atoms with E-state index in [0.29, 0.717) is 24.2 Å². The molecule has 3 heteroatoms. The maximum Gasteiger partial charge on any atom is 0.337 e. The Bertz CT molecular complexity index is 500. The molecular formula is C15H16O3. The molecule has 0 radical (unpaired) electrons. The molecule has 0 fully saturated rings. The van der Waals surface area contributed by atoms with Gasteiger partial charge in [0.15, 0.2) is 0 Å². The first-order valence-electron chi connectivity index (χ1n) is 5.93. The lowest BCUT2D eigenvalue weighted by Crippen LogP contribution is -2.18. The van der Waals surface area contributed by atoms with Crippen molar-refractivity contribution in [2.75, 3.05) is 7.11 Å². The number of carbonyl (C=O) groups is 1. The van der Waals surface area contributed by atoms with Gasteiger partial charge < -0.3 is 9.47 Å². The number of benzene rings is 1. The Morgan fingerprint density at radius 3 is 3.00 bits per heavy atom. The van der Waals surface area contributed by atoms with Crippen LogP contribution in [0.5, 0.6) is 5.75 Å². The van der Waals surface area contributed by atoms with E-state index in [1.165, 1.54) is 7.11 Å². The van der Waals surface area contributed by atoms with Crippen LogP contribution in [-0.2, 0) is 16.0 Å². The van der Waals surface area contributed by atoms with Crippen LogP contribution in [-0.4, -0.2) is 13.1 Å². The topological polar surface area (TPSA) is 35.5 Å². The molecular weight excluding hydrogens is 228 g/mol. The van der Waals surface area contributed by atoms with Crippen LogP contribution in [0.15, 0.2) is 48.3 Å². The number of methoxy groups -OCH3 is 1. The van der Waals surface area contributed by atoms with Crippen LogP contribution >= 0.6 is 0 Å². The first-order valence-corrected chi connectivity index (χ1v) is 5.93. The first-order chi connectivity index (χ1) is 8.76. The van der Waals surface area contributed by atoms with Crippen molar-refractivity contribution in [2.45, 2.75) is 19.3 Å². The van der Waals surface area contributed by atoms with Crippen molar-refractivity contribution in [1.82, 2.24) is 0 Å². The monoisotopic (exact) mass is 244 g/mol. The number of hydrogen-bond donors (Lipinski definition) is 0. The summed E-state index contributed by atoms with van der Waals surface area (Å²) < 4.78 is 10.6. The molecule has 0 saturated heterocycles. The second-order valence-corrected chi connectivity index (χ2v) is 4.11. The van der Waals surface area contributed by atoms with E-state index in [9.17, 15) is 4.79 Å². The standard InChI is InChI=1S/C15H16O3/c1-3-4-8-14-12(15(16)17-2)10-11-7-5-6-9-13(11)18-14/h3,5-7,9H,1,4,8,10H2,2H3. The summed E-state index contributed by atoms with van der Waals surface area (Å²) in [6.07, 6.45) is 3.82. The van der Waals surface area contributed by atoms with Crippen molar-refractivity contribution in [2.24, 2.45) is 0 Å². The number of hydrogen-bond acceptors (Lipinski definition) is 3. The molecule has 3 nitrogen and oxygen atoms in total. The zero-order valence-corrected chi connectivity index (χ0v) is 10.4. The molecule has 1 heterocycles. The lowest BCUT2D eigenvalue weighted by atomic mass is 9.99. The zero-order chi connectivity index (χ0) is 13.0. The van der Waals surface area contributed by atoms with Crippen LogP contribution in [0, 0.1) is 0 Å². The van der Waals surface area contributed by atoms with Crippen molar-refractivity contribution in [3.8, 4) is 5.75 Å². The zero-order valence-electron chi connectivity index (χ0n) is 10.4. The van der Waals surface area contributed by atoms with Crippen molar-refractivity contribution < 1.29 is 14.3 Å². The summed E-state index contributed by atoms with van der Waals surface area (Å²) >= 11 is 0. The molecule has 0 spiro atoms. The first kappa shape index (κ1) is 12.4. The van der Waals surface area contributed by atoms with Gasteiger partial charge in [0.05, 0.1) is 12.7 Å². The average molecular weight is 244 g/mol. The molecule has 18 heavy (non-hydrogen) atoms. The second-order valence-electron chi connectivity index (χ2n) is 4.11. The molecule has 0 unspecified atom stereocenters. The van der Waals surface area contributed by atoms with Gasteiger partial charge in [-0.25, -0.2) is 4.79 Å². The Morgan fingerprint density at radius 1 is 1.50 bits per heavy atom. The molecule has 2 rings (SSSR count). The highest BCUT2D eigenvalue weighted by Crippen LogP contribution is 2.32. The quantitative estimate of drug-likeness (QED) is 0.603. The summed E-state index contributed by atoms with van der Waals surface area (Å²) in [5, 5.41) is 0. The van der Waals surface area contributed by atoms with E-state index < -0.39 is 0 Å². The maximum atomic E-state index is 11.8. The molecule has 1 aromatic rings. The van der Waals surface area contributed by atoms with Gasteiger partial charge in [-0.2, -0.15) is 0 Å². The van der Waals surface area contributed by atoms with Crippen LogP contribution in [0.2, 0.25) is 0 Å². The summed E-state index contributed by atoms with van der Waals surface area (Å²) in [4.78, 5) is 11.8. The molecule has 0 amide bonds. The van der Waals surface area contributed by atoms with Gasteiger partial charge in [0.2, 0.25) is 0 Å². The van der Waals surface area contributed by atoms with Gasteiger partial charge in [-0.05, 0) is 18.1 Å². The number of ether oxygens (including phenoxy) is 2. The normalized spacial score (nSPS) is 13.6. The summed E-state index contributed by atoms with van der Waals surface area (Å²) in [6.45, 7) is 3.69. The van der Waals surface area contributed by atoms with Gasteiger partial charge >= 0.3 is 5.97 Å². The molecule has 0 N–H and O–H groups in total. The minimum atomic E-state index is -0.316. The Labute approximate surface area is 107 Å². The van der Waals surface area contributed by atoms with E-state index in [2.05, 4.69) is 6.58 Å². The molecule has 1 aliphatic heterocycles. The van der Waals surface area contributed by atoms with Crippen LogP contribution < -0.4 is 4.74 Å². The number of esters is 1. The number of carbonyl (C=O) groups excluding carboxylic acids is 1. The fraction of sp³-hybridized carbons (Fsp3) is 0.267. The highest BCUT2D eigenvalue weighted by Gasteiger charge is 2.24. The largest absolute Gasteiger partial charge is 0.466 e. The van der Waals surface area contributed by atoms with E-state index >= 15 is 0 Å². The Balaban J connectivity index is 2.32. The number of fused-ring (bicyclic) bond motifs is 1. The average Bonchev–Trinajstić information content (AvgIpc) is 2.43. The third kappa shape index (κ3) is 2.45. The van der Waals surface area contributed by atoms with Crippen molar-refractivity contribution in [1.29, 1.82) is 0 Å². The maximum absolute atomic E-state index is 11.8. The van der Waals surface area contributed by atoms with Crippen LogP contribution in [0.1, 0.15) is 18.4 Å². The molecule has 0 bridgehead atoms. The molecule has 0 aliphatic carbocycles. The summed E-state index contributed by atoms with van der Waals surface area (Å²) in [7, 11) is 1.39. The van der Waals surface area contributed by atoms with E-state index in [-0.39, 0.29) is 5.97 Å². The van der Waals surface area contributed by atoms with Gasteiger partial charge in [-0.3, -0.25) is 0 Å². The van der Waals surface area contributed by atoms with Gasteiger partial charge in [0.25, 0.3) is 0 Å². The highest BCUT2D eigenvalue weighted by molar-refractivity contribution is 5.90. The lowest BCUT2D eigenvalue weighted by Gasteiger charge is -2.22. The van der Waals surface area contributed by atoms with Crippen molar-refractivity contribution in [3.63, 3.8) is 0 Å². The fourth-order valence-corrected chi connectivity index (χ4v) is 1.98. The smallest absolute Gasteiger partial charge is 0.337 e. The minimum Gasteiger partial charge on any atom is -0.466 e. The SMILES string of the molecule is C=CCCC1=C(C(=O)OC)Cc2ccccc2O1. The van der Waals surface area contributed by atoms with Gasteiger partial charge in [0.1, 0.15) is 11.5 Å². The van der Waals surface area contributed by atoms with E-state index in [0.717, 1.165) is 17.7 Å². The fourth-order valence-electron chi connectivity index (χ4n) is 1.98. The number of para-hydroxylation sites is 1. The number of allylic oxidation sites excluding steroid dienone is 2. The third-order valence-electron chi connectivity index (χ3n) is 2.92. The Hall–Kier alpha value is -2.03. The molecule has 1 aliphatic rings. The second kappa shape index (κ2) is 5.54. The van der Waals surface area contributed by atoms with E-state index in [4.69, 9.17) is 9.47 Å². The minimum absolute atomic E-state index is 0.316. The van der Waals surface area contributed by atoms with Crippen LogP contribution in [0.4, 0.5) is 0 Å². The van der Waals surface area contributed by atoms with E-state index in [1.807, 2.05) is 30.3 Å². The van der Waals surface area contributed by atoms with Crippen LogP contribution in [0.25, 0.3) is 0 Å². The number of rotatable bonds is 4. The molecule has 0 aromatic heterocycles. The van der Waals surface area contributed by atoms with Gasteiger partial charge in [-0.15, -0.1) is 6.58 Å². The molecule has 0 saturated carbocycles. The lowest BCUT2D eigenvalue weighted by molar-refractivity contribution is -0.136. The van der Waals surface area contributed by atoms with E-state index in [1.54, 1.807) is 0 Å². The third-order valence-corrected chi connectivity index (χ3v) is 2.92. The Kier molecular flexibility index (Phi) is 3.82. The molecule has 94 valence electrons. The summed E-state index contributed by atoms with van der Waals surface area (Å²) in [5.41, 5.74) is 1.62. The molecule has 0 atom stereocenters. The van der Waals surface area contributed by atoms with Gasteiger partial charge in [-0.1, -0.05) is 24.3 Å². The van der Waals surface area contributed by atoms with Crippen molar-refractivity contribution in [3.05, 3.63) is 53.8 Å². The highest BCUT2D eigenvalue weighted by atomic mass is 16.5.